The average molecular weight is 304 g/mol. The van der Waals surface area contributed by atoms with Gasteiger partial charge in [-0.3, -0.25) is 0 Å². The Kier molecular flexibility index (Phi) is 5.68. The first-order valence-electron chi connectivity index (χ1n) is 7.23. The lowest BCUT2D eigenvalue weighted by molar-refractivity contribution is -0.267. The Labute approximate surface area is 123 Å². The molecule has 0 radical (unpaired) electrons. The van der Waals surface area contributed by atoms with Crippen molar-refractivity contribution in [2.45, 2.75) is 58.2 Å². The summed E-state index contributed by atoms with van der Waals surface area (Å²) in [7, 11) is 0. The number of alkyl halides is 3. The van der Waals surface area contributed by atoms with Crippen LogP contribution in [0.4, 0.5) is 13.2 Å². The summed E-state index contributed by atoms with van der Waals surface area (Å²) < 4.78 is 45.0. The van der Waals surface area contributed by atoms with Crippen molar-refractivity contribution in [1.82, 2.24) is 0 Å². The van der Waals surface area contributed by atoms with E-state index in [4.69, 9.17) is 4.74 Å². The van der Waals surface area contributed by atoms with Gasteiger partial charge >= 0.3 is 6.18 Å². The van der Waals surface area contributed by atoms with Crippen LogP contribution >= 0.6 is 0 Å². The summed E-state index contributed by atoms with van der Waals surface area (Å²) in [5.74, 6) is 0.586. The van der Waals surface area contributed by atoms with E-state index < -0.39 is 18.2 Å². The standard InChI is InChI=1S/C16H23F3O2/c1-5-9-21-14-8-7-12(10-13(14)11(3)4)15(20,6-2)16(17,18)19/h7-8,10-11,20H,5-6,9H2,1-4H3. The number of rotatable bonds is 6. The fraction of sp³-hybridized carbons (Fsp3) is 0.625. The highest BCUT2D eigenvalue weighted by atomic mass is 19.4. The van der Waals surface area contributed by atoms with Gasteiger partial charge in [0, 0.05) is 0 Å². The van der Waals surface area contributed by atoms with E-state index in [1.54, 1.807) is 0 Å². The molecule has 1 N–H and O–H groups in total. The van der Waals surface area contributed by atoms with E-state index >= 15 is 0 Å². The van der Waals surface area contributed by atoms with Crippen LogP contribution in [0.25, 0.3) is 0 Å². The second-order valence-electron chi connectivity index (χ2n) is 5.47. The van der Waals surface area contributed by atoms with Crippen LogP contribution in [0.3, 0.4) is 0 Å². The topological polar surface area (TPSA) is 29.5 Å². The van der Waals surface area contributed by atoms with Crippen molar-refractivity contribution in [3.63, 3.8) is 0 Å². The van der Waals surface area contributed by atoms with Crippen molar-refractivity contribution < 1.29 is 23.0 Å². The van der Waals surface area contributed by atoms with E-state index in [1.165, 1.54) is 25.1 Å². The number of halogens is 3. The molecule has 0 heterocycles. The molecule has 0 saturated carbocycles. The highest BCUT2D eigenvalue weighted by Crippen LogP contribution is 2.43. The van der Waals surface area contributed by atoms with Crippen LogP contribution in [0.5, 0.6) is 5.75 Å². The van der Waals surface area contributed by atoms with Gasteiger partial charge in [0.25, 0.3) is 0 Å². The normalized spacial score (nSPS) is 15.1. The van der Waals surface area contributed by atoms with Crippen molar-refractivity contribution in [3.05, 3.63) is 29.3 Å². The van der Waals surface area contributed by atoms with Crippen molar-refractivity contribution in [1.29, 1.82) is 0 Å². The van der Waals surface area contributed by atoms with Crippen LogP contribution in [0.1, 0.15) is 57.6 Å². The maximum Gasteiger partial charge on any atom is 0.421 e. The molecule has 120 valence electrons. The lowest BCUT2D eigenvalue weighted by atomic mass is 9.87. The molecular formula is C16H23F3O2. The van der Waals surface area contributed by atoms with Gasteiger partial charge in [-0.15, -0.1) is 0 Å². The predicted molar refractivity (Wildman–Crippen MR) is 76.6 cm³/mol. The van der Waals surface area contributed by atoms with Crippen LogP contribution in [-0.2, 0) is 5.60 Å². The summed E-state index contributed by atoms with van der Waals surface area (Å²) in [6.45, 7) is 7.57. The molecule has 5 heteroatoms. The lowest BCUT2D eigenvalue weighted by Gasteiger charge is -2.30. The van der Waals surface area contributed by atoms with Gasteiger partial charge < -0.3 is 9.84 Å². The summed E-state index contributed by atoms with van der Waals surface area (Å²) in [4.78, 5) is 0. The van der Waals surface area contributed by atoms with Crippen LogP contribution in [-0.4, -0.2) is 17.9 Å². The Morgan fingerprint density at radius 2 is 1.81 bits per heavy atom. The van der Waals surface area contributed by atoms with Gasteiger partial charge in [0.1, 0.15) is 5.75 Å². The Bertz CT molecular complexity index is 469. The summed E-state index contributed by atoms with van der Waals surface area (Å²) in [5.41, 5.74) is -2.28. The fourth-order valence-electron chi connectivity index (χ4n) is 2.17. The zero-order valence-corrected chi connectivity index (χ0v) is 12.9. The highest BCUT2D eigenvalue weighted by molar-refractivity contribution is 5.41. The molecule has 21 heavy (non-hydrogen) atoms. The van der Waals surface area contributed by atoms with Crippen LogP contribution in [0.2, 0.25) is 0 Å². The molecule has 1 rings (SSSR count). The molecule has 1 aromatic rings. The lowest BCUT2D eigenvalue weighted by Crippen LogP contribution is -2.41. The summed E-state index contributed by atoms with van der Waals surface area (Å²) in [6, 6.07) is 4.23. The average Bonchev–Trinajstić information content (AvgIpc) is 2.42. The molecule has 0 aromatic heterocycles. The molecule has 1 aromatic carbocycles. The Balaban J connectivity index is 3.30. The molecule has 0 bridgehead atoms. The molecule has 1 unspecified atom stereocenters. The maximum atomic E-state index is 13.1. The van der Waals surface area contributed by atoms with Crippen molar-refractivity contribution >= 4 is 0 Å². The molecule has 0 aliphatic rings. The van der Waals surface area contributed by atoms with E-state index in [-0.39, 0.29) is 11.5 Å². The largest absolute Gasteiger partial charge is 0.493 e. The minimum absolute atomic E-state index is 0.00569. The van der Waals surface area contributed by atoms with Crippen LogP contribution in [0, 0.1) is 0 Å². The van der Waals surface area contributed by atoms with Gasteiger partial charge in [-0.05, 0) is 42.0 Å². The molecule has 1 atom stereocenters. The molecule has 0 aliphatic carbocycles. The van der Waals surface area contributed by atoms with Crippen molar-refractivity contribution in [3.8, 4) is 5.75 Å². The molecule has 2 nitrogen and oxygen atoms in total. The van der Waals surface area contributed by atoms with Crippen molar-refractivity contribution in [2.75, 3.05) is 6.61 Å². The van der Waals surface area contributed by atoms with Gasteiger partial charge in [-0.25, -0.2) is 0 Å². The SMILES string of the molecule is CCCOc1ccc(C(O)(CC)C(F)(F)F)cc1C(C)C. The summed E-state index contributed by atoms with van der Waals surface area (Å²) >= 11 is 0. The summed E-state index contributed by atoms with van der Waals surface area (Å²) in [6.07, 6.45) is -4.31. The van der Waals surface area contributed by atoms with Gasteiger partial charge in [-0.1, -0.05) is 33.8 Å². The monoisotopic (exact) mass is 304 g/mol. The van der Waals surface area contributed by atoms with Crippen LogP contribution < -0.4 is 4.74 Å². The second kappa shape index (κ2) is 6.69. The molecule has 0 fully saturated rings. The van der Waals surface area contributed by atoms with Gasteiger partial charge in [-0.2, -0.15) is 13.2 Å². The third-order valence-electron chi connectivity index (χ3n) is 3.55. The first-order valence-corrected chi connectivity index (χ1v) is 7.23. The number of hydrogen-bond donors (Lipinski definition) is 1. The zero-order valence-electron chi connectivity index (χ0n) is 12.9. The first kappa shape index (κ1) is 17.8. The van der Waals surface area contributed by atoms with Crippen molar-refractivity contribution in [2.24, 2.45) is 0 Å². The van der Waals surface area contributed by atoms with E-state index in [1.807, 2.05) is 20.8 Å². The van der Waals surface area contributed by atoms with Gasteiger partial charge in [0.2, 0.25) is 0 Å². The van der Waals surface area contributed by atoms with E-state index in [9.17, 15) is 18.3 Å². The zero-order chi connectivity index (χ0) is 16.3. The molecule has 0 saturated heterocycles. The first-order chi connectivity index (χ1) is 9.67. The minimum Gasteiger partial charge on any atom is -0.493 e. The second-order valence-corrected chi connectivity index (χ2v) is 5.47. The van der Waals surface area contributed by atoms with Gasteiger partial charge in [0.05, 0.1) is 6.61 Å². The Morgan fingerprint density at radius 3 is 2.24 bits per heavy atom. The fourth-order valence-corrected chi connectivity index (χ4v) is 2.17. The maximum absolute atomic E-state index is 13.1. The highest BCUT2D eigenvalue weighted by Gasteiger charge is 2.53. The molecule has 0 amide bonds. The minimum atomic E-state index is -4.71. The molecule has 0 spiro atoms. The molecular weight excluding hydrogens is 281 g/mol. The number of ether oxygens (including phenoxy) is 1. The predicted octanol–water partition coefficient (Wildman–Crippen LogP) is 4.76. The number of aliphatic hydroxyl groups is 1. The van der Waals surface area contributed by atoms with E-state index in [2.05, 4.69) is 0 Å². The van der Waals surface area contributed by atoms with E-state index in [0.717, 1.165) is 6.42 Å². The molecule has 0 aliphatic heterocycles. The number of benzene rings is 1. The van der Waals surface area contributed by atoms with E-state index in [0.29, 0.717) is 17.9 Å². The van der Waals surface area contributed by atoms with Gasteiger partial charge in [0.15, 0.2) is 5.60 Å². The third-order valence-corrected chi connectivity index (χ3v) is 3.55. The third kappa shape index (κ3) is 3.70. The Hall–Kier alpha value is -1.23. The quantitative estimate of drug-likeness (QED) is 0.821. The smallest absolute Gasteiger partial charge is 0.421 e. The van der Waals surface area contributed by atoms with Crippen LogP contribution in [0.15, 0.2) is 18.2 Å². The Morgan fingerprint density at radius 1 is 1.19 bits per heavy atom. The number of hydrogen-bond acceptors (Lipinski definition) is 2. The summed E-state index contributed by atoms with van der Waals surface area (Å²) in [5, 5.41) is 10.0.